The Morgan fingerprint density at radius 3 is 1.23 bits per heavy atom. The number of unbranched alkanes of at least 4 members (excludes halogenated alkanes) is 6. The Kier molecular flexibility index (Phi) is 51.6. The number of aryl methyl sites for hydroxylation is 3. The third-order valence-electron chi connectivity index (χ3n) is 18.5. The van der Waals surface area contributed by atoms with E-state index in [0.717, 1.165) is 23.2 Å². The molecule has 0 N–H and O–H groups in total. The van der Waals surface area contributed by atoms with Crippen molar-refractivity contribution in [3.05, 3.63) is 241 Å². The summed E-state index contributed by atoms with van der Waals surface area (Å²) in [5, 5.41) is 12.9. The maximum atomic E-state index is 4.94. The van der Waals surface area contributed by atoms with Crippen molar-refractivity contribution in [1.82, 2.24) is 29.9 Å². The standard InChI is InChI=1S/3C10H9N.C9H6BrN.2C9H6N.C4H8O.6C4H9.S7.S6.2Sn/c1-8-2-3-10-7-11-5-4-9(10)6-8;1-8-2-3-9-4-5-11-7-10(9)6-8;1-8-4-5-10-9(7-8)3-2-6-11-10;10-9-2-1-7-3-4-11-6-8(7)5-9;1-2-6-9-8(4-1)5-3-7-10-9;1-2-4-9-7-10-6-5-8(9)3-1;1-2-4-5-3-1;6*1-3-4-2;1-3-5-7-6-4-2;1-3-5-6-4-2;;/h3*2-7H,1H3;1-6H;1-3,5-7H;1-2,4-7H;1-4H2;6*1,3-4H2,2H3;;;;. The van der Waals surface area contributed by atoms with Crippen LogP contribution in [0.4, 0.5) is 0 Å². The zero-order valence-corrected chi connectivity index (χ0v) is 82.0. The summed E-state index contributed by atoms with van der Waals surface area (Å²) in [4.78, 5) is 25.3. The third-order valence-corrected chi connectivity index (χ3v) is 66.0. The molecule has 6 aromatic heterocycles. The minimum Gasteiger partial charge on any atom is -0.264 e. The Balaban J connectivity index is 0.000000227. The molecule has 0 bridgehead atoms. The quantitative estimate of drug-likeness (QED) is 0.0684. The van der Waals surface area contributed by atoms with E-state index in [1.807, 2.05) is 86.0 Å². The molecule has 1 saturated heterocycles. The van der Waals surface area contributed by atoms with E-state index in [1.165, 1.54) is 246 Å². The zero-order valence-electron chi connectivity index (χ0n) is 64.1. The number of rotatable bonds is 20. The number of aromatic nitrogens is 6. The van der Waals surface area contributed by atoms with E-state index in [0.29, 0.717) is 0 Å². The molecule has 0 saturated carbocycles. The molecule has 7 nitrogen and oxygen atoms in total. The molecule has 576 valence electrons. The molecule has 108 heavy (non-hydrogen) atoms. The maximum absolute atomic E-state index is 4.94. The summed E-state index contributed by atoms with van der Waals surface area (Å²) in [6.07, 6.45) is 38.0. The molecule has 12 aromatic rings. The van der Waals surface area contributed by atoms with Gasteiger partial charge >= 0.3 is 294 Å². The summed E-state index contributed by atoms with van der Waals surface area (Å²) in [5.41, 5.74) is 6.13. The van der Waals surface area contributed by atoms with Crippen LogP contribution in [0.25, 0.3) is 64.9 Å². The number of halogens is 1. The molecular formula is C85H107BrN6OS13Sn2. The first-order valence-electron chi connectivity index (χ1n) is 37.5. The second-order valence-electron chi connectivity index (χ2n) is 26.4. The van der Waals surface area contributed by atoms with Crippen molar-refractivity contribution in [3.8, 4) is 0 Å². The largest absolute Gasteiger partial charge is 0.264 e. The van der Waals surface area contributed by atoms with E-state index in [2.05, 4.69) is 280 Å². The molecule has 0 unspecified atom stereocenters. The van der Waals surface area contributed by atoms with E-state index in [9.17, 15) is 0 Å². The SMILES string of the molecule is Brc1ccc2ccncc2c1.C1CCOC1.CCC[CH2][Sn]([CH2]CCC)([CH2]CCC)[c]1cccc2cnccc12.CCC[CH2][Sn]([CH2]CCC)([CH2]CCC)[c]1cccc2ncccc12.Cc1ccc2ccncc2c1.Cc1ccc2cnccc2c1.Cc1ccc2ncccc2c1.S=S=S=S=S=S.S=S=S=S=S=S=S. The molecule has 0 spiro atoms. The Morgan fingerprint density at radius 2 is 0.731 bits per heavy atom. The van der Waals surface area contributed by atoms with Gasteiger partial charge in [-0.1, -0.05) is 81.2 Å². The van der Waals surface area contributed by atoms with E-state index in [4.69, 9.17) is 4.74 Å². The van der Waals surface area contributed by atoms with Crippen LogP contribution < -0.4 is 7.16 Å². The fourth-order valence-electron chi connectivity index (χ4n) is 13.0. The summed E-state index contributed by atoms with van der Waals surface area (Å²) in [7, 11) is 13.0. The van der Waals surface area contributed by atoms with Gasteiger partial charge in [-0.3, -0.25) is 19.9 Å². The number of nitrogens with zero attached hydrogens (tertiary/aromatic N) is 6. The normalized spacial score (nSPS) is 11.1. The van der Waals surface area contributed by atoms with Crippen LogP contribution in [-0.4, -0.2) is 79.9 Å². The van der Waals surface area contributed by atoms with Gasteiger partial charge in [0, 0.05) is 207 Å². The molecule has 0 atom stereocenters. The molecule has 1 fully saturated rings. The summed E-state index contributed by atoms with van der Waals surface area (Å²) in [6, 6.07) is 55.9. The number of benzene rings is 6. The minimum absolute atomic E-state index is 1.00. The summed E-state index contributed by atoms with van der Waals surface area (Å²) in [5.74, 6) is 0. The van der Waals surface area contributed by atoms with Crippen molar-refractivity contribution in [2.75, 3.05) is 13.2 Å². The van der Waals surface area contributed by atoms with Gasteiger partial charge < -0.3 is 4.74 Å². The number of pyridine rings is 6. The van der Waals surface area contributed by atoms with Gasteiger partial charge in [0.25, 0.3) is 0 Å². The van der Waals surface area contributed by atoms with Crippen LogP contribution in [0.2, 0.25) is 26.6 Å². The van der Waals surface area contributed by atoms with Gasteiger partial charge in [0.05, 0.1) is 5.52 Å². The third kappa shape index (κ3) is 35.6. The summed E-state index contributed by atoms with van der Waals surface area (Å²) in [6.45, 7) is 22.4. The van der Waals surface area contributed by atoms with Crippen LogP contribution in [0, 0.1) is 20.8 Å². The van der Waals surface area contributed by atoms with Crippen molar-refractivity contribution >= 4 is 249 Å². The monoisotopic (exact) mass is 1960 g/mol. The van der Waals surface area contributed by atoms with Gasteiger partial charge in [-0.2, -0.15) is 0 Å². The first-order chi connectivity index (χ1) is 52.8. The van der Waals surface area contributed by atoms with Crippen LogP contribution in [0.1, 0.15) is 148 Å². The van der Waals surface area contributed by atoms with E-state index < -0.39 is 36.8 Å². The second kappa shape index (κ2) is 58.5. The van der Waals surface area contributed by atoms with Crippen molar-refractivity contribution in [3.63, 3.8) is 0 Å². The van der Waals surface area contributed by atoms with Crippen LogP contribution in [0.3, 0.4) is 0 Å². The Morgan fingerprint density at radius 1 is 0.343 bits per heavy atom. The van der Waals surface area contributed by atoms with Gasteiger partial charge in [0.1, 0.15) is 0 Å². The fourth-order valence-corrected chi connectivity index (χ4v) is 60.7. The maximum Gasteiger partial charge on any atom is 0.0702 e. The van der Waals surface area contributed by atoms with E-state index in [-0.39, 0.29) is 0 Å². The fraction of sp³-hybridized carbons (Fsp3) is 0.365. The van der Waals surface area contributed by atoms with Gasteiger partial charge in [0.2, 0.25) is 0 Å². The van der Waals surface area contributed by atoms with E-state index >= 15 is 0 Å². The molecule has 13 rings (SSSR count). The van der Waals surface area contributed by atoms with Gasteiger partial charge in [-0.05, 0) is 104 Å². The molecule has 0 radical (unpaired) electrons. The molecule has 23 heteroatoms. The van der Waals surface area contributed by atoms with Crippen LogP contribution in [0.5, 0.6) is 0 Å². The molecule has 6 aromatic carbocycles. The summed E-state index contributed by atoms with van der Waals surface area (Å²) >= 11 is 16.9. The number of fused-ring (bicyclic) bond motifs is 6. The number of ether oxygens (including phenoxy) is 1. The molecular weight excluding hydrogens is 1860 g/mol. The first-order valence-corrected chi connectivity index (χ1v) is 67.9. The van der Waals surface area contributed by atoms with Crippen LogP contribution in [-0.2, 0) is 129 Å². The van der Waals surface area contributed by atoms with Crippen molar-refractivity contribution in [2.24, 2.45) is 0 Å². The Hall–Kier alpha value is -3.32. The first kappa shape index (κ1) is 95.3. The second-order valence-corrected chi connectivity index (χ2v) is 69.5. The van der Waals surface area contributed by atoms with Crippen LogP contribution in [0.15, 0.2) is 224 Å². The average Bonchev–Trinajstić information content (AvgIpc) is 0.824. The van der Waals surface area contributed by atoms with Crippen molar-refractivity contribution in [1.29, 1.82) is 0 Å². The smallest absolute Gasteiger partial charge is 0.0702 e. The number of hydrogen-bond donors (Lipinski definition) is 0. The van der Waals surface area contributed by atoms with E-state index in [1.54, 1.807) is 40.0 Å². The average molecular weight is 1960 g/mol. The summed E-state index contributed by atoms with van der Waals surface area (Å²) < 4.78 is 18.8. The predicted octanol–water partition coefficient (Wildman–Crippen LogP) is 24.0. The van der Waals surface area contributed by atoms with Gasteiger partial charge in [-0.15, -0.1) is 0 Å². The topological polar surface area (TPSA) is 86.6 Å². The zero-order chi connectivity index (χ0) is 77.7. The van der Waals surface area contributed by atoms with Crippen LogP contribution >= 0.6 is 15.9 Å². The van der Waals surface area contributed by atoms with Crippen molar-refractivity contribution in [2.45, 2.75) is 179 Å². The predicted molar refractivity (Wildman–Crippen MR) is 517 cm³/mol. The molecule has 1 aliphatic rings. The van der Waals surface area contributed by atoms with Crippen molar-refractivity contribution < 1.29 is 4.74 Å². The Bertz CT molecular complexity index is 4530. The number of hydrogen-bond acceptors (Lipinski definition) is 11. The Labute approximate surface area is 707 Å². The van der Waals surface area contributed by atoms with Gasteiger partial charge in [0.15, 0.2) is 0 Å². The molecule has 0 aliphatic carbocycles. The minimum atomic E-state index is -2.35. The molecule has 7 heterocycles. The molecule has 0 amide bonds. The van der Waals surface area contributed by atoms with Gasteiger partial charge in [-0.25, -0.2) is 0 Å². The molecule has 1 aliphatic heterocycles.